The SMILES string of the molecule is CCc1ccc(CC)c(C(Cl)c2cc(C)ccc2F)c1. The van der Waals surface area contributed by atoms with Crippen molar-refractivity contribution < 1.29 is 4.39 Å². The van der Waals surface area contributed by atoms with Crippen molar-refractivity contribution in [3.63, 3.8) is 0 Å². The van der Waals surface area contributed by atoms with E-state index in [1.807, 2.05) is 13.0 Å². The van der Waals surface area contributed by atoms with Gasteiger partial charge in [0.25, 0.3) is 0 Å². The van der Waals surface area contributed by atoms with Crippen molar-refractivity contribution in [3.05, 3.63) is 70.0 Å². The molecule has 0 fully saturated rings. The summed E-state index contributed by atoms with van der Waals surface area (Å²) in [6.45, 7) is 6.16. The molecule has 2 heteroatoms. The van der Waals surface area contributed by atoms with Crippen LogP contribution in [0.4, 0.5) is 4.39 Å². The zero-order valence-electron chi connectivity index (χ0n) is 12.2. The summed E-state index contributed by atoms with van der Waals surface area (Å²) in [6.07, 6.45) is 1.85. The van der Waals surface area contributed by atoms with Gasteiger partial charge in [-0.2, -0.15) is 0 Å². The van der Waals surface area contributed by atoms with Crippen molar-refractivity contribution in [1.82, 2.24) is 0 Å². The number of rotatable bonds is 4. The first kappa shape index (κ1) is 15.1. The summed E-state index contributed by atoms with van der Waals surface area (Å²) in [5, 5.41) is -0.434. The molecule has 2 aromatic rings. The molecule has 0 saturated heterocycles. The molecule has 0 aliphatic rings. The smallest absolute Gasteiger partial charge is 0.128 e. The van der Waals surface area contributed by atoms with E-state index in [0.29, 0.717) is 5.56 Å². The number of hydrogen-bond donors (Lipinski definition) is 0. The minimum atomic E-state index is -0.434. The molecule has 2 rings (SSSR count). The molecule has 0 aliphatic heterocycles. The Morgan fingerprint density at radius 2 is 1.75 bits per heavy atom. The van der Waals surface area contributed by atoms with Crippen molar-refractivity contribution in [3.8, 4) is 0 Å². The van der Waals surface area contributed by atoms with Crippen LogP contribution in [-0.4, -0.2) is 0 Å². The summed E-state index contributed by atoms with van der Waals surface area (Å²) in [4.78, 5) is 0. The van der Waals surface area contributed by atoms with Crippen molar-refractivity contribution in [2.45, 2.75) is 39.0 Å². The third kappa shape index (κ3) is 3.04. The highest BCUT2D eigenvalue weighted by Gasteiger charge is 2.18. The normalized spacial score (nSPS) is 12.4. The third-order valence-electron chi connectivity index (χ3n) is 3.70. The molecule has 0 heterocycles. The van der Waals surface area contributed by atoms with Crippen molar-refractivity contribution in [1.29, 1.82) is 0 Å². The molecule has 0 nitrogen and oxygen atoms in total. The highest BCUT2D eigenvalue weighted by Crippen LogP contribution is 2.34. The Morgan fingerprint density at radius 1 is 1.00 bits per heavy atom. The lowest BCUT2D eigenvalue weighted by atomic mass is 9.94. The molecule has 0 saturated carbocycles. The first-order chi connectivity index (χ1) is 9.56. The zero-order valence-corrected chi connectivity index (χ0v) is 13.0. The van der Waals surface area contributed by atoms with Crippen molar-refractivity contribution >= 4 is 11.6 Å². The van der Waals surface area contributed by atoms with Crippen LogP contribution in [0.3, 0.4) is 0 Å². The van der Waals surface area contributed by atoms with Crippen LogP contribution in [0.25, 0.3) is 0 Å². The summed E-state index contributed by atoms with van der Waals surface area (Å²) in [7, 11) is 0. The van der Waals surface area contributed by atoms with Crippen LogP contribution in [-0.2, 0) is 12.8 Å². The van der Waals surface area contributed by atoms with Gasteiger partial charge in [-0.3, -0.25) is 0 Å². The molecule has 106 valence electrons. The summed E-state index contributed by atoms with van der Waals surface area (Å²) in [6, 6.07) is 11.4. The molecule has 1 atom stereocenters. The van der Waals surface area contributed by atoms with Crippen LogP contribution in [0.2, 0.25) is 0 Å². The van der Waals surface area contributed by atoms with Gasteiger partial charge in [0.15, 0.2) is 0 Å². The van der Waals surface area contributed by atoms with Crippen LogP contribution >= 0.6 is 11.6 Å². The fraction of sp³-hybridized carbons (Fsp3) is 0.333. The standard InChI is InChI=1S/C18H20ClF/c1-4-13-7-8-14(5-2)15(11-13)18(19)16-10-12(3)6-9-17(16)20/h6-11,18H,4-5H2,1-3H3. The summed E-state index contributed by atoms with van der Waals surface area (Å²) >= 11 is 6.58. The van der Waals surface area contributed by atoms with Gasteiger partial charge in [0.2, 0.25) is 0 Å². The van der Waals surface area contributed by atoms with Crippen LogP contribution in [0.5, 0.6) is 0 Å². The number of hydrogen-bond acceptors (Lipinski definition) is 0. The van der Waals surface area contributed by atoms with Crippen LogP contribution in [0.15, 0.2) is 36.4 Å². The van der Waals surface area contributed by atoms with Crippen molar-refractivity contribution in [2.24, 2.45) is 0 Å². The first-order valence-corrected chi connectivity index (χ1v) is 7.52. The van der Waals surface area contributed by atoms with E-state index < -0.39 is 5.38 Å². The molecule has 2 aromatic carbocycles. The molecular formula is C18H20ClF. The van der Waals surface area contributed by atoms with Crippen LogP contribution < -0.4 is 0 Å². The van der Waals surface area contributed by atoms with Gasteiger partial charge < -0.3 is 0 Å². The molecule has 0 bridgehead atoms. The second-order valence-corrected chi connectivity index (χ2v) is 5.56. The van der Waals surface area contributed by atoms with Gasteiger partial charge in [-0.25, -0.2) is 4.39 Å². The van der Waals surface area contributed by atoms with E-state index in [2.05, 4.69) is 32.0 Å². The number of halogens is 2. The Labute approximate surface area is 125 Å². The van der Waals surface area contributed by atoms with E-state index in [1.165, 1.54) is 17.2 Å². The average Bonchev–Trinajstić information content (AvgIpc) is 2.48. The maximum Gasteiger partial charge on any atom is 0.128 e. The molecule has 0 aliphatic carbocycles. The lowest BCUT2D eigenvalue weighted by Crippen LogP contribution is -2.02. The Morgan fingerprint density at radius 3 is 2.40 bits per heavy atom. The quantitative estimate of drug-likeness (QED) is 0.644. The van der Waals surface area contributed by atoms with Crippen LogP contribution in [0.1, 0.15) is 47.0 Å². The fourth-order valence-corrected chi connectivity index (χ4v) is 2.82. The molecule has 1 unspecified atom stereocenters. The molecule has 0 spiro atoms. The molecular weight excluding hydrogens is 271 g/mol. The topological polar surface area (TPSA) is 0 Å². The monoisotopic (exact) mass is 290 g/mol. The minimum absolute atomic E-state index is 0.237. The molecule has 0 radical (unpaired) electrons. The van der Waals surface area contributed by atoms with Gasteiger partial charge in [-0.15, -0.1) is 11.6 Å². The summed E-state index contributed by atoms with van der Waals surface area (Å²) < 4.78 is 14.0. The number of aryl methyl sites for hydroxylation is 3. The Hall–Kier alpha value is -1.34. The molecule has 20 heavy (non-hydrogen) atoms. The Bertz CT molecular complexity index is 604. The van der Waals surface area contributed by atoms with Gasteiger partial charge in [0.05, 0.1) is 5.38 Å². The number of alkyl halides is 1. The largest absolute Gasteiger partial charge is 0.207 e. The summed E-state index contributed by atoms with van der Waals surface area (Å²) in [5.74, 6) is -0.237. The Kier molecular flexibility index (Phi) is 4.82. The zero-order chi connectivity index (χ0) is 14.7. The Balaban J connectivity index is 2.51. The van der Waals surface area contributed by atoms with Crippen molar-refractivity contribution in [2.75, 3.05) is 0 Å². The lowest BCUT2D eigenvalue weighted by Gasteiger charge is -2.17. The fourth-order valence-electron chi connectivity index (χ4n) is 2.45. The van der Waals surface area contributed by atoms with Gasteiger partial charge in [0.1, 0.15) is 5.82 Å². The van der Waals surface area contributed by atoms with E-state index in [1.54, 1.807) is 6.07 Å². The van der Waals surface area contributed by atoms with E-state index in [4.69, 9.17) is 11.6 Å². The van der Waals surface area contributed by atoms with Crippen LogP contribution in [0, 0.1) is 12.7 Å². The van der Waals surface area contributed by atoms with E-state index in [9.17, 15) is 4.39 Å². The van der Waals surface area contributed by atoms with E-state index in [0.717, 1.165) is 24.0 Å². The van der Waals surface area contributed by atoms with Gasteiger partial charge in [-0.1, -0.05) is 49.7 Å². The average molecular weight is 291 g/mol. The molecule has 0 N–H and O–H groups in total. The van der Waals surface area contributed by atoms with Gasteiger partial charge in [-0.05, 0) is 42.5 Å². The second kappa shape index (κ2) is 6.41. The maximum atomic E-state index is 14.0. The van der Waals surface area contributed by atoms with Gasteiger partial charge >= 0.3 is 0 Å². The predicted molar refractivity (Wildman–Crippen MR) is 84.0 cm³/mol. The predicted octanol–water partition coefficient (Wildman–Crippen LogP) is 5.59. The molecule has 0 amide bonds. The highest BCUT2D eigenvalue weighted by atomic mass is 35.5. The molecule has 0 aromatic heterocycles. The highest BCUT2D eigenvalue weighted by molar-refractivity contribution is 6.22. The summed E-state index contributed by atoms with van der Waals surface area (Å²) in [5.41, 5.74) is 5.03. The van der Waals surface area contributed by atoms with Gasteiger partial charge in [0, 0.05) is 5.56 Å². The third-order valence-corrected chi connectivity index (χ3v) is 4.17. The second-order valence-electron chi connectivity index (χ2n) is 5.13. The minimum Gasteiger partial charge on any atom is -0.207 e. The van der Waals surface area contributed by atoms with E-state index >= 15 is 0 Å². The number of benzene rings is 2. The van der Waals surface area contributed by atoms with E-state index in [-0.39, 0.29) is 5.82 Å². The first-order valence-electron chi connectivity index (χ1n) is 7.08. The lowest BCUT2D eigenvalue weighted by molar-refractivity contribution is 0.611. The maximum absolute atomic E-state index is 14.0.